The molecule has 1 amide bonds. The second kappa shape index (κ2) is 6.51. The molecule has 3 rings (SSSR count). The van der Waals surface area contributed by atoms with Crippen LogP contribution in [0.2, 0.25) is 0 Å². The molecule has 2 heterocycles. The summed E-state index contributed by atoms with van der Waals surface area (Å²) in [5.74, 6) is 1.18. The number of fused-ring (bicyclic) bond motifs is 1. The van der Waals surface area contributed by atoms with Crippen LogP contribution in [-0.4, -0.2) is 23.1 Å². The molecule has 0 bridgehead atoms. The number of pyridine rings is 1. The summed E-state index contributed by atoms with van der Waals surface area (Å²) in [6, 6.07) is 9.44. The van der Waals surface area contributed by atoms with Gasteiger partial charge in [0.1, 0.15) is 5.60 Å². The van der Waals surface area contributed by atoms with E-state index < -0.39 is 0 Å². The van der Waals surface area contributed by atoms with E-state index >= 15 is 0 Å². The highest BCUT2D eigenvalue weighted by molar-refractivity contribution is 5.78. The highest BCUT2D eigenvalue weighted by Gasteiger charge is 2.32. The van der Waals surface area contributed by atoms with Gasteiger partial charge in [-0.3, -0.25) is 9.78 Å². The predicted molar refractivity (Wildman–Crippen MR) is 91.1 cm³/mol. The zero-order valence-corrected chi connectivity index (χ0v) is 14.2. The van der Waals surface area contributed by atoms with E-state index in [1.54, 1.807) is 12.4 Å². The maximum absolute atomic E-state index is 12.1. The Balaban J connectivity index is 1.59. The normalized spacial score (nSPS) is 16.0. The molecule has 126 valence electrons. The number of aromatic nitrogens is 1. The fourth-order valence-electron chi connectivity index (χ4n) is 2.84. The molecule has 1 unspecified atom stereocenters. The molecule has 2 aromatic rings. The molecule has 0 spiro atoms. The fraction of sp³-hybridized carbons (Fsp3) is 0.368. The van der Waals surface area contributed by atoms with Crippen molar-refractivity contribution in [2.24, 2.45) is 0 Å². The highest BCUT2D eigenvalue weighted by atomic mass is 16.5. The first-order valence-corrected chi connectivity index (χ1v) is 8.07. The largest absolute Gasteiger partial charge is 0.483 e. The van der Waals surface area contributed by atoms with Gasteiger partial charge in [-0.25, -0.2) is 0 Å². The average Bonchev–Trinajstić information content (AvgIpc) is 2.88. The molecule has 0 saturated heterocycles. The Kier molecular flexibility index (Phi) is 4.42. The molecule has 0 fully saturated rings. The number of carbonyl (C=O) groups excluding carboxylic acids is 1. The molecule has 0 radical (unpaired) electrons. The third-order valence-corrected chi connectivity index (χ3v) is 3.98. The first kappa shape index (κ1) is 16.3. The second-order valence-electron chi connectivity index (χ2n) is 6.65. The molecule has 0 saturated carbocycles. The number of nitrogens with one attached hydrogen (secondary N) is 1. The Labute approximate surface area is 142 Å². The number of ether oxygens (including phenoxy) is 2. The van der Waals surface area contributed by atoms with E-state index in [4.69, 9.17) is 9.47 Å². The van der Waals surface area contributed by atoms with E-state index in [1.807, 2.05) is 51.1 Å². The van der Waals surface area contributed by atoms with E-state index in [9.17, 15) is 4.79 Å². The number of benzene rings is 1. The summed E-state index contributed by atoms with van der Waals surface area (Å²) in [6.07, 6.45) is 4.29. The lowest BCUT2D eigenvalue weighted by molar-refractivity contribution is -0.123. The summed E-state index contributed by atoms with van der Waals surface area (Å²) in [5, 5.41) is 2.91. The fourth-order valence-corrected chi connectivity index (χ4v) is 2.84. The summed E-state index contributed by atoms with van der Waals surface area (Å²) >= 11 is 0. The number of rotatable bonds is 5. The molecule has 1 aliphatic heterocycles. The van der Waals surface area contributed by atoms with Gasteiger partial charge in [0, 0.05) is 24.4 Å². The van der Waals surface area contributed by atoms with Crippen LogP contribution in [0.3, 0.4) is 0 Å². The van der Waals surface area contributed by atoms with Gasteiger partial charge >= 0.3 is 0 Å². The Bertz CT molecular complexity index is 729. The third kappa shape index (κ3) is 3.67. The molecular formula is C19H22N2O3. The first-order valence-electron chi connectivity index (χ1n) is 8.07. The van der Waals surface area contributed by atoms with Crippen LogP contribution in [0.4, 0.5) is 0 Å². The average molecular weight is 326 g/mol. The maximum Gasteiger partial charge on any atom is 0.258 e. The van der Waals surface area contributed by atoms with Gasteiger partial charge in [-0.2, -0.15) is 0 Å². The number of nitrogens with zero attached hydrogens (tertiary/aromatic N) is 1. The van der Waals surface area contributed by atoms with Crippen molar-refractivity contribution in [3.05, 3.63) is 53.9 Å². The van der Waals surface area contributed by atoms with Crippen molar-refractivity contribution in [2.75, 3.05) is 6.61 Å². The van der Waals surface area contributed by atoms with Crippen molar-refractivity contribution in [2.45, 2.75) is 38.8 Å². The topological polar surface area (TPSA) is 60.5 Å². The third-order valence-electron chi connectivity index (χ3n) is 3.98. The molecule has 1 atom stereocenters. The number of para-hydroxylation sites is 1. The lowest BCUT2D eigenvalue weighted by atomic mass is 10.0. The van der Waals surface area contributed by atoms with Gasteiger partial charge in [0.25, 0.3) is 5.91 Å². The van der Waals surface area contributed by atoms with Crippen molar-refractivity contribution in [1.29, 1.82) is 0 Å². The zero-order valence-electron chi connectivity index (χ0n) is 14.2. The lowest BCUT2D eigenvalue weighted by Gasteiger charge is -2.18. The van der Waals surface area contributed by atoms with Gasteiger partial charge in [0.2, 0.25) is 0 Å². The molecule has 5 heteroatoms. The minimum atomic E-state index is -0.237. The lowest BCUT2D eigenvalue weighted by Crippen LogP contribution is -2.31. The van der Waals surface area contributed by atoms with E-state index in [1.165, 1.54) is 0 Å². The molecule has 1 aromatic carbocycles. The molecule has 1 N–H and O–H groups in total. The Morgan fingerprint density at radius 2 is 2.21 bits per heavy atom. The van der Waals surface area contributed by atoms with Crippen LogP contribution in [0.1, 0.15) is 37.9 Å². The van der Waals surface area contributed by atoms with Gasteiger partial charge < -0.3 is 14.8 Å². The number of hydrogen-bond donors (Lipinski definition) is 1. The summed E-state index contributed by atoms with van der Waals surface area (Å²) in [6.45, 7) is 5.95. The smallest absolute Gasteiger partial charge is 0.258 e. The van der Waals surface area contributed by atoms with Crippen LogP contribution in [0.5, 0.6) is 11.5 Å². The van der Waals surface area contributed by atoms with Crippen LogP contribution in [0, 0.1) is 0 Å². The maximum atomic E-state index is 12.1. The van der Waals surface area contributed by atoms with Crippen LogP contribution >= 0.6 is 0 Å². The van der Waals surface area contributed by atoms with Crippen LogP contribution < -0.4 is 14.8 Å². The number of hydrogen-bond acceptors (Lipinski definition) is 4. The van der Waals surface area contributed by atoms with Gasteiger partial charge in [0.05, 0.1) is 6.04 Å². The molecular weight excluding hydrogens is 304 g/mol. The Morgan fingerprint density at radius 3 is 2.96 bits per heavy atom. The molecule has 5 nitrogen and oxygen atoms in total. The standard InChI is InChI=1S/C19H22N2O3/c1-13(15-7-5-9-20-11-15)21-17(22)12-23-16-8-4-6-14-10-19(2,3)24-18(14)16/h4-9,11,13H,10,12H2,1-3H3,(H,21,22). The van der Waals surface area contributed by atoms with Gasteiger partial charge in [-0.1, -0.05) is 18.2 Å². The summed E-state index contributed by atoms with van der Waals surface area (Å²) < 4.78 is 11.6. The SMILES string of the molecule is CC(NC(=O)COc1cccc2c1OC(C)(C)C2)c1cccnc1. The minimum absolute atomic E-state index is 0.0507. The van der Waals surface area contributed by atoms with Gasteiger partial charge in [-0.15, -0.1) is 0 Å². The highest BCUT2D eigenvalue weighted by Crippen LogP contribution is 2.41. The first-order chi connectivity index (χ1) is 11.4. The summed E-state index contributed by atoms with van der Waals surface area (Å²) in [5.41, 5.74) is 1.83. The van der Waals surface area contributed by atoms with Crippen LogP contribution in [0.15, 0.2) is 42.7 Å². The molecule has 0 aliphatic carbocycles. The quantitative estimate of drug-likeness (QED) is 0.917. The molecule has 1 aliphatic rings. The summed E-state index contributed by atoms with van der Waals surface area (Å²) in [7, 11) is 0. The van der Waals surface area contributed by atoms with Crippen molar-refractivity contribution < 1.29 is 14.3 Å². The van der Waals surface area contributed by atoms with Gasteiger partial charge in [0.15, 0.2) is 18.1 Å². The second-order valence-corrected chi connectivity index (χ2v) is 6.65. The van der Waals surface area contributed by atoms with E-state index in [-0.39, 0.29) is 24.2 Å². The zero-order chi connectivity index (χ0) is 17.2. The molecule has 24 heavy (non-hydrogen) atoms. The van der Waals surface area contributed by atoms with Crippen molar-refractivity contribution in [3.8, 4) is 11.5 Å². The van der Waals surface area contributed by atoms with Crippen LogP contribution in [-0.2, 0) is 11.2 Å². The molecule has 1 aromatic heterocycles. The van der Waals surface area contributed by atoms with E-state index in [0.717, 1.165) is 23.3 Å². The monoisotopic (exact) mass is 326 g/mol. The van der Waals surface area contributed by atoms with Crippen molar-refractivity contribution in [1.82, 2.24) is 10.3 Å². The number of amides is 1. The van der Waals surface area contributed by atoms with Crippen molar-refractivity contribution >= 4 is 5.91 Å². The summed E-state index contributed by atoms with van der Waals surface area (Å²) in [4.78, 5) is 16.2. The van der Waals surface area contributed by atoms with Gasteiger partial charge in [-0.05, 0) is 38.5 Å². The van der Waals surface area contributed by atoms with Crippen molar-refractivity contribution in [3.63, 3.8) is 0 Å². The Hall–Kier alpha value is -2.56. The van der Waals surface area contributed by atoms with E-state index in [2.05, 4.69) is 10.3 Å². The number of carbonyl (C=O) groups is 1. The predicted octanol–water partition coefficient (Wildman–Crippen LogP) is 3.05. The van der Waals surface area contributed by atoms with E-state index in [0.29, 0.717) is 5.75 Å². The van der Waals surface area contributed by atoms with Crippen LogP contribution in [0.25, 0.3) is 0 Å². The minimum Gasteiger partial charge on any atom is -0.483 e. The Morgan fingerprint density at radius 1 is 1.38 bits per heavy atom.